The number of nitrogens with one attached hydrogen (secondary N) is 1. The zero-order valence-corrected chi connectivity index (χ0v) is 12.2. The minimum atomic E-state index is -0.0441. The number of rotatable bonds is 7. The molecule has 0 saturated heterocycles. The van der Waals surface area contributed by atoms with E-state index in [1.165, 1.54) is 6.42 Å². The van der Waals surface area contributed by atoms with E-state index in [-0.39, 0.29) is 5.60 Å². The van der Waals surface area contributed by atoms with Crippen molar-refractivity contribution < 1.29 is 9.47 Å². The first-order chi connectivity index (χ1) is 9.17. The van der Waals surface area contributed by atoms with E-state index in [0.29, 0.717) is 24.2 Å². The molecule has 6 heteroatoms. The Labute approximate surface area is 118 Å². The maximum Gasteiger partial charge on any atom is 0.158 e. The van der Waals surface area contributed by atoms with Crippen molar-refractivity contribution in [3.63, 3.8) is 0 Å². The molecule has 1 aliphatic carbocycles. The third kappa shape index (κ3) is 3.78. The first-order valence-electron chi connectivity index (χ1n) is 6.58. The molecule has 1 fully saturated rings. The van der Waals surface area contributed by atoms with Crippen molar-refractivity contribution >= 4 is 17.4 Å². The number of nitrogens with zero attached hydrogens (tertiary/aromatic N) is 2. The molecule has 0 spiro atoms. The van der Waals surface area contributed by atoms with Gasteiger partial charge in [-0.1, -0.05) is 11.6 Å². The smallest absolute Gasteiger partial charge is 0.158 e. The Kier molecular flexibility index (Phi) is 4.96. The Morgan fingerprint density at radius 2 is 2.21 bits per heavy atom. The molecule has 0 aliphatic heterocycles. The van der Waals surface area contributed by atoms with Crippen molar-refractivity contribution in [2.75, 3.05) is 25.6 Å². The molecule has 1 heterocycles. The second-order valence-corrected chi connectivity index (χ2v) is 5.11. The van der Waals surface area contributed by atoms with Gasteiger partial charge in [-0.25, -0.2) is 9.97 Å². The van der Waals surface area contributed by atoms with Gasteiger partial charge in [0.25, 0.3) is 0 Å². The number of ether oxygens (including phenoxy) is 2. The summed E-state index contributed by atoms with van der Waals surface area (Å²) in [5.74, 6) is 1.31. The molecular weight excluding hydrogens is 266 g/mol. The van der Waals surface area contributed by atoms with E-state index in [4.69, 9.17) is 21.1 Å². The van der Waals surface area contributed by atoms with E-state index >= 15 is 0 Å². The number of hydrogen-bond acceptors (Lipinski definition) is 5. The maximum atomic E-state index is 5.98. The Hall–Kier alpha value is -0.910. The van der Waals surface area contributed by atoms with Crippen LogP contribution in [0.4, 0.5) is 5.82 Å². The van der Waals surface area contributed by atoms with Crippen molar-refractivity contribution in [1.29, 1.82) is 0 Å². The van der Waals surface area contributed by atoms with Gasteiger partial charge >= 0.3 is 0 Å². The first-order valence-corrected chi connectivity index (χ1v) is 6.95. The van der Waals surface area contributed by atoms with Crippen LogP contribution in [0.2, 0.25) is 5.15 Å². The van der Waals surface area contributed by atoms with Gasteiger partial charge in [0.2, 0.25) is 0 Å². The Morgan fingerprint density at radius 3 is 2.79 bits per heavy atom. The monoisotopic (exact) mass is 285 g/mol. The van der Waals surface area contributed by atoms with E-state index in [1.807, 2.05) is 6.92 Å². The highest BCUT2D eigenvalue weighted by Crippen LogP contribution is 2.35. The molecule has 0 bridgehead atoms. The largest absolute Gasteiger partial charge is 0.376 e. The molecule has 0 unspecified atom stereocenters. The number of halogens is 1. The Balaban J connectivity index is 1.97. The summed E-state index contributed by atoms with van der Waals surface area (Å²) in [7, 11) is 1.76. The zero-order chi connectivity index (χ0) is 13.7. The molecule has 1 aliphatic rings. The second kappa shape index (κ2) is 6.50. The quantitative estimate of drug-likeness (QED) is 0.781. The molecule has 1 N–H and O–H groups in total. The molecule has 1 saturated carbocycles. The van der Waals surface area contributed by atoms with E-state index in [0.717, 1.165) is 25.2 Å². The van der Waals surface area contributed by atoms with Gasteiger partial charge in [0, 0.05) is 26.3 Å². The summed E-state index contributed by atoms with van der Waals surface area (Å²) in [5, 5.41) is 3.70. The lowest BCUT2D eigenvalue weighted by Crippen LogP contribution is -2.45. The third-order valence-corrected chi connectivity index (χ3v) is 3.66. The summed E-state index contributed by atoms with van der Waals surface area (Å²) < 4.78 is 10.8. The molecule has 5 nitrogen and oxygen atoms in total. The summed E-state index contributed by atoms with van der Waals surface area (Å²) in [6.07, 6.45) is 3.39. The summed E-state index contributed by atoms with van der Waals surface area (Å²) in [5.41, 5.74) is -0.0441. The SMILES string of the molecule is CCOCc1nc(Cl)cc(NCC2(OC)CCC2)n1. The highest BCUT2D eigenvalue weighted by atomic mass is 35.5. The third-order valence-electron chi connectivity index (χ3n) is 3.47. The molecule has 106 valence electrons. The van der Waals surface area contributed by atoms with Crippen LogP contribution in [-0.2, 0) is 16.1 Å². The van der Waals surface area contributed by atoms with Crippen LogP contribution in [-0.4, -0.2) is 35.8 Å². The molecule has 2 rings (SSSR count). The summed E-state index contributed by atoms with van der Waals surface area (Å²) in [6, 6.07) is 1.72. The van der Waals surface area contributed by atoms with E-state index in [2.05, 4.69) is 15.3 Å². The van der Waals surface area contributed by atoms with Crippen molar-refractivity contribution in [3.05, 3.63) is 17.0 Å². The molecule has 1 aromatic heterocycles. The molecule has 0 amide bonds. The Bertz CT molecular complexity index is 419. The van der Waals surface area contributed by atoms with E-state index in [1.54, 1.807) is 13.2 Å². The number of methoxy groups -OCH3 is 1. The van der Waals surface area contributed by atoms with Gasteiger partial charge in [-0.15, -0.1) is 0 Å². The lowest BCUT2D eigenvalue weighted by Gasteiger charge is -2.40. The summed E-state index contributed by atoms with van der Waals surface area (Å²) >= 11 is 5.98. The number of aromatic nitrogens is 2. The lowest BCUT2D eigenvalue weighted by molar-refractivity contribution is -0.0601. The average molecular weight is 286 g/mol. The van der Waals surface area contributed by atoms with Crippen LogP contribution in [0, 0.1) is 0 Å². The van der Waals surface area contributed by atoms with Gasteiger partial charge in [-0.05, 0) is 26.2 Å². The summed E-state index contributed by atoms with van der Waals surface area (Å²) in [4.78, 5) is 8.51. The summed E-state index contributed by atoms with van der Waals surface area (Å²) in [6.45, 7) is 3.68. The van der Waals surface area contributed by atoms with Crippen LogP contribution >= 0.6 is 11.6 Å². The molecule has 0 atom stereocenters. The van der Waals surface area contributed by atoms with Crippen LogP contribution in [0.15, 0.2) is 6.07 Å². The van der Waals surface area contributed by atoms with Crippen LogP contribution in [0.5, 0.6) is 0 Å². The Morgan fingerprint density at radius 1 is 1.42 bits per heavy atom. The van der Waals surface area contributed by atoms with Crippen LogP contribution in [0.3, 0.4) is 0 Å². The lowest BCUT2D eigenvalue weighted by atomic mass is 9.80. The highest BCUT2D eigenvalue weighted by molar-refractivity contribution is 6.29. The fraction of sp³-hybridized carbons (Fsp3) is 0.692. The van der Waals surface area contributed by atoms with E-state index in [9.17, 15) is 0 Å². The number of anilines is 1. The maximum absolute atomic E-state index is 5.98. The predicted octanol–water partition coefficient (Wildman–Crippen LogP) is 2.65. The van der Waals surface area contributed by atoms with Crippen molar-refractivity contribution in [2.24, 2.45) is 0 Å². The topological polar surface area (TPSA) is 56.3 Å². The van der Waals surface area contributed by atoms with Crippen molar-refractivity contribution in [1.82, 2.24) is 9.97 Å². The molecule has 19 heavy (non-hydrogen) atoms. The van der Waals surface area contributed by atoms with Crippen molar-refractivity contribution in [3.8, 4) is 0 Å². The highest BCUT2D eigenvalue weighted by Gasteiger charge is 2.36. The zero-order valence-electron chi connectivity index (χ0n) is 11.4. The van der Waals surface area contributed by atoms with Crippen LogP contribution in [0.25, 0.3) is 0 Å². The minimum Gasteiger partial charge on any atom is -0.376 e. The number of hydrogen-bond donors (Lipinski definition) is 1. The normalized spacial score (nSPS) is 17.0. The molecule has 0 aromatic carbocycles. The standard InChI is InChI=1S/C13H20ClN3O2/c1-3-19-8-12-16-10(14)7-11(17-12)15-9-13(18-2)5-4-6-13/h7H,3-6,8-9H2,1-2H3,(H,15,16,17). The predicted molar refractivity (Wildman–Crippen MR) is 74.5 cm³/mol. The van der Waals surface area contributed by atoms with Crippen LogP contribution < -0.4 is 5.32 Å². The van der Waals surface area contributed by atoms with Gasteiger partial charge in [-0.2, -0.15) is 0 Å². The second-order valence-electron chi connectivity index (χ2n) is 4.72. The van der Waals surface area contributed by atoms with Crippen LogP contribution in [0.1, 0.15) is 32.0 Å². The first kappa shape index (κ1) is 14.5. The van der Waals surface area contributed by atoms with Crippen molar-refractivity contribution in [2.45, 2.75) is 38.4 Å². The fourth-order valence-electron chi connectivity index (χ4n) is 2.09. The average Bonchev–Trinajstić information content (AvgIpc) is 2.35. The van der Waals surface area contributed by atoms with Gasteiger partial charge < -0.3 is 14.8 Å². The molecular formula is C13H20ClN3O2. The van der Waals surface area contributed by atoms with Gasteiger partial charge in [0.1, 0.15) is 17.6 Å². The van der Waals surface area contributed by atoms with E-state index < -0.39 is 0 Å². The molecule has 1 aromatic rings. The molecule has 0 radical (unpaired) electrons. The van der Waals surface area contributed by atoms with Gasteiger partial charge in [-0.3, -0.25) is 0 Å². The fourth-order valence-corrected chi connectivity index (χ4v) is 2.29. The van der Waals surface area contributed by atoms with Gasteiger partial charge in [0.15, 0.2) is 5.82 Å². The minimum absolute atomic E-state index is 0.0441. The van der Waals surface area contributed by atoms with Gasteiger partial charge in [0.05, 0.1) is 5.60 Å².